The third kappa shape index (κ3) is 3.98. The van der Waals surface area contributed by atoms with E-state index in [9.17, 15) is 14.9 Å². The van der Waals surface area contributed by atoms with Gasteiger partial charge in [0.2, 0.25) is 5.91 Å². The van der Waals surface area contributed by atoms with Crippen molar-refractivity contribution >= 4 is 23.6 Å². The second kappa shape index (κ2) is 7.27. The molecule has 0 radical (unpaired) electrons. The van der Waals surface area contributed by atoms with Gasteiger partial charge in [0, 0.05) is 31.6 Å². The van der Waals surface area contributed by atoms with Crippen molar-refractivity contribution in [2.45, 2.75) is 30.7 Å². The van der Waals surface area contributed by atoms with E-state index in [1.165, 1.54) is 18.7 Å². The van der Waals surface area contributed by atoms with E-state index in [0.29, 0.717) is 35.2 Å². The minimum atomic E-state index is -0.304. The maximum atomic E-state index is 12.3. The Bertz CT molecular complexity index is 635. The zero-order chi connectivity index (χ0) is 16.1. The third-order valence-electron chi connectivity index (χ3n) is 3.34. The molecular weight excluding hydrogens is 300 g/mol. The van der Waals surface area contributed by atoms with E-state index >= 15 is 0 Å². The maximum Gasteiger partial charge on any atom is 0.252 e. The summed E-state index contributed by atoms with van der Waals surface area (Å²) in [6.07, 6.45) is 4.00. The van der Waals surface area contributed by atoms with Gasteiger partial charge in [-0.3, -0.25) is 9.59 Å². The average molecular weight is 318 g/mol. The Labute approximate surface area is 133 Å². The summed E-state index contributed by atoms with van der Waals surface area (Å²) in [4.78, 5) is 27.6. The first-order valence-electron chi connectivity index (χ1n) is 7.08. The fourth-order valence-corrected chi connectivity index (χ4v) is 2.63. The summed E-state index contributed by atoms with van der Waals surface area (Å²) < 4.78 is 0. The summed E-state index contributed by atoms with van der Waals surface area (Å²) in [5.41, 5.74) is 1.57. The number of thioether (sulfide) groups is 1. The van der Waals surface area contributed by atoms with Crippen LogP contribution in [-0.2, 0) is 4.79 Å². The van der Waals surface area contributed by atoms with E-state index < -0.39 is 0 Å². The molecule has 0 atom stereocenters. The number of carbonyl (C=O) groups excluding carboxylic acids is 2. The van der Waals surface area contributed by atoms with E-state index in [2.05, 4.69) is 21.7 Å². The first-order valence-corrected chi connectivity index (χ1v) is 8.31. The molecule has 2 N–H and O–H groups in total. The van der Waals surface area contributed by atoms with E-state index in [1.54, 1.807) is 6.07 Å². The fraction of sp³-hybridized carbons (Fsp3) is 0.467. The number of rotatable bonds is 6. The number of amides is 2. The second-order valence-electron chi connectivity index (χ2n) is 5.10. The standard InChI is InChI=1S/C15H18N4O2S/c1-9(20)17-5-6-18-14(21)11-7-13(10-3-4-10)19-15(22-2)12(11)8-16/h7,10H,3-6H2,1-2H3,(H,17,20)(H,18,21). The summed E-state index contributed by atoms with van der Waals surface area (Å²) >= 11 is 1.37. The van der Waals surface area contributed by atoms with Crippen molar-refractivity contribution in [3.05, 3.63) is 22.9 Å². The van der Waals surface area contributed by atoms with Crippen molar-refractivity contribution in [1.29, 1.82) is 5.26 Å². The van der Waals surface area contributed by atoms with Crippen molar-refractivity contribution in [2.24, 2.45) is 0 Å². The molecule has 1 aromatic rings. The first-order chi connectivity index (χ1) is 10.6. The van der Waals surface area contributed by atoms with Gasteiger partial charge in [-0.25, -0.2) is 4.98 Å². The van der Waals surface area contributed by atoms with Crippen LogP contribution in [0.4, 0.5) is 0 Å². The van der Waals surface area contributed by atoms with Crippen LogP contribution >= 0.6 is 11.8 Å². The molecule has 0 spiro atoms. The highest BCUT2D eigenvalue weighted by atomic mass is 32.2. The number of hydrogen-bond donors (Lipinski definition) is 2. The van der Waals surface area contributed by atoms with Crippen molar-refractivity contribution in [1.82, 2.24) is 15.6 Å². The molecule has 7 heteroatoms. The third-order valence-corrected chi connectivity index (χ3v) is 4.02. The number of nitriles is 1. The van der Waals surface area contributed by atoms with Crippen molar-refractivity contribution in [3.8, 4) is 6.07 Å². The Morgan fingerprint density at radius 3 is 2.64 bits per heavy atom. The number of pyridine rings is 1. The lowest BCUT2D eigenvalue weighted by molar-refractivity contribution is -0.118. The van der Waals surface area contributed by atoms with Gasteiger partial charge in [-0.15, -0.1) is 11.8 Å². The predicted octanol–water partition coefficient (Wildman–Crippen LogP) is 1.42. The lowest BCUT2D eigenvalue weighted by Gasteiger charge is -2.11. The molecule has 1 saturated carbocycles. The van der Waals surface area contributed by atoms with E-state index in [0.717, 1.165) is 18.5 Å². The highest BCUT2D eigenvalue weighted by molar-refractivity contribution is 7.98. The van der Waals surface area contributed by atoms with Gasteiger partial charge in [0.05, 0.1) is 11.1 Å². The smallest absolute Gasteiger partial charge is 0.252 e. The van der Waals surface area contributed by atoms with Gasteiger partial charge in [0.25, 0.3) is 5.91 Å². The van der Waals surface area contributed by atoms with Crippen LogP contribution in [0.2, 0.25) is 0 Å². The molecule has 0 saturated heterocycles. The molecule has 22 heavy (non-hydrogen) atoms. The van der Waals surface area contributed by atoms with Gasteiger partial charge in [-0.2, -0.15) is 5.26 Å². The van der Waals surface area contributed by atoms with Crippen LogP contribution in [0.15, 0.2) is 11.1 Å². The quantitative estimate of drug-likeness (QED) is 0.611. The highest BCUT2D eigenvalue weighted by Crippen LogP contribution is 2.40. The van der Waals surface area contributed by atoms with Gasteiger partial charge >= 0.3 is 0 Å². The summed E-state index contributed by atoms with van der Waals surface area (Å²) in [7, 11) is 0. The van der Waals surface area contributed by atoms with Gasteiger partial charge in [0.1, 0.15) is 11.1 Å². The first kappa shape index (κ1) is 16.3. The van der Waals surface area contributed by atoms with E-state index in [4.69, 9.17) is 0 Å². The lowest BCUT2D eigenvalue weighted by Crippen LogP contribution is -2.34. The van der Waals surface area contributed by atoms with Crippen molar-refractivity contribution < 1.29 is 9.59 Å². The van der Waals surface area contributed by atoms with Crippen LogP contribution in [0.5, 0.6) is 0 Å². The maximum absolute atomic E-state index is 12.3. The molecule has 6 nitrogen and oxygen atoms in total. The molecule has 2 rings (SSSR count). The molecule has 0 bridgehead atoms. The Hall–Kier alpha value is -2.07. The monoisotopic (exact) mass is 318 g/mol. The molecule has 0 aliphatic heterocycles. The lowest BCUT2D eigenvalue weighted by atomic mass is 10.1. The number of nitrogens with zero attached hydrogens (tertiary/aromatic N) is 2. The molecule has 1 aromatic heterocycles. The number of carbonyl (C=O) groups is 2. The van der Waals surface area contributed by atoms with Crippen LogP contribution in [0, 0.1) is 11.3 Å². The Balaban J connectivity index is 2.17. The molecular formula is C15H18N4O2S. The summed E-state index contributed by atoms with van der Waals surface area (Å²) in [5.74, 6) is -0.0392. The largest absolute Gasteiger partial charge is 0.355 e. The minimum Gasteiger partial charge on any atom is -0.355 e. The molecule has 116 valence electrons. The summed E-state index contributed by atoms with van der Waals surface area (Å²) in [6, 6.07) is 3.80. The zero-order valence-electron chi connectivity index (χ0n) is 12.6. The summed E-state index contributed by atoms with van der Waals surface area (Å²) in [5, 5.41) is 15.3. The SMILES string of the molecule is CSc1nc(C2CC2)cc(C(=O)NCCNC(C)=O)c1C#N. The molecule has 0 unspecified atom stereocenters. The normalized spacial score (nSPS) is 13.3. The van der Waals surface area contributed by atoms with Gasteiger partial charge < -0.3 is 10.6 Å². The van der Waals surface area contributed by atoms with E-state index in [-0.39, 0.29) is 11.8 Å². The Kier molecular flexibility index (Phi) is 5.39. The topological polar surface area (TPSA) is 94.9 Å². The Morgan fingerprint density at radius 2 is 2.09 bits per heavy atom. The molecule has 1 heterocycles. The van der Waals surface area contributed by atoms with Crippen molar-refractivity contribution in [2.75, 3.05) is 19.3 Å². The highest BCUT2D eigenvalue weighted by Gasteiger charge is 2.28. The van der Waals surface area contributed by atoms with Gasteiger partial charge in [0.15, 0.2) is 0 Å². The molecule has 1 aliphatic rings. The number of hydrogen-bond acceptors (Lipinski definition) is 5. The molecule has 0 aromatic carbocycles. The molecule has 1 fully saturated rings. The van der Waals surface area contributed by atoms with Crippen LogP contribution in [0.3, 0.4) is 0 Å². The van der Waals surface area contributed by atoms with Crippen LogP contribution < -0.4 is 10.6 Å². The van der Waals surface area contributed by atoms with Crippen LogP contribution in [0.25, 0.3) is 0 Å². The van der Waals surface area contributed by atoms with E-state index in [1.807, 2.05) is 6.26 Å². The fourth-order valence-electron chi connectivity index (χ4n) is 2.07. The molecule has 1 aliphatic carbocycles. The minimum absolute atomic E-state index is 0.142. The van der Waals surface area contributed by atoms with Crippen LogP contribution in [-0.4, -0.2) is 36.1 Å². The summed E-state index contributed by atoms with van der Waals surface area (Å²) in [6.45, 7) is 2.10. The van der Waals surface area contributed by atoms with Crippen molar-refractivity contribution in [3.63, 3.8) is 0 Å². The average Bonchev–Trinajstić information content (AvgIpc) is 3.34. The second-order valence-corrected chi connectivity index (χ2v) is 5.90. The van der Waals surface area contributed by atoms with Gasteiger partial charge in [-0.05, 0) is 25.2 Å². The van der Waals surface area contributed by atoms with Crippen LogP contribution in [0.1, 0.15) is 47.3 Å². The number of aromatic nitrogens is 1. The Morgan fingerprint density at radius 1 is 1.41 bits per heavy atom. The molecule has 2 amide bonds. The zero-order valence-corrected chi connectivity index (χ0v) is 13.4. The number of nitrogens with one attached hydrogen (secondary N) is 2. The predicted molar refractivity (Wildman–Crippen MR) is 83.7 cm³/mol. The van der Waals surface area contributed by atoms with Gasteiger partial charge in [-0.1, -0.05) is 0 Å².